The van der Waals surface area contributed by atoms with E-state index in [1.165, 1.54) is 7.11 Å². The van der Waals surface area contributed by atoms with E-state index in [-0.39, 0.29) is 24.8 Å². The Morgan fingerprint density at radius 2 is 1.86 bits per heavy atom. The summed E-state index contributed by atoms with van der Waals surface area (Å²) in [7, 11) is 1.48. The molecule has 0 spiro atoms. The summed E-state index contributed by atoms with van der Waals surface area (Å²) in [5, 5.41) is 3.59. The quantitative estimate of drug-likeness (QED) is 0.887. The minimum absolute atomic E-state index is 0. The highest BCUT2D eigenvalue weighted by Gasteiger charge is 2.30. The third kappa shape index (κ3) is 5.11. The fourth-order valence-electron chi connectivity index (χ4n) is 2.34. The van der Waals surface area contributed by atoms with Crippen LogP contribution in [-0.2, 0) is 0 Å². The van der Waals surface area contributed by atoms with E-state index in [0.29, 0.717) is 29.4 Å². The van der Waals surface area contributed by atoms with E-state index in [2.05, 4.69) is 5.32 Å². The lowest BCUT2D eigenvalue weighted by atomic mass is 10.0. The number of hydrogen-bond donors (Lipinski definition) is 1. The van der Waals surface area contributed by atoms with E-state index < -0.39 is 12.5 Å². The van der Waals surface area contributed by atoms with Gasteiger partial charge in [0.05, 0.1) is 18.2 Å². The second-order valence-electron chi connectivity index (χ2n) is 4.46. The molecule has 0 amide bonds. The molecule has 2 rings (SSSR count). The number of methoxy groups -OCH3 is 1. The molecule has 1 heterocycles. The Morgan fingerprint density at radius 1 is 1.24 bits per heavy atom. The van der Waals surface area contributed by atoms with Crippen LogP contribution in [0.2, 0.25) is 5.02 Å². The second kappa shape index (κ2) is 9.64. The summed E-state index contributed by atoms with van der Waals surface area (Å²) in [6.07, 6.45) is -2.44. The molecule has 3 nitrogen and oxygen atoms in total. The molecule has 8 heteroatoms. The molecule has 0 aromatic heterocycles. The third-order valence-electron chi connectivity index (χ3n) is 3.30. The number of piperazine rings is 1. The maximum absolute atomic E-state index is 13.4. The molecular formula is C13H19Cl3F2N2O. The van der Waals surface area contributed by atoms with Gasteiger partial charge in [0.15, 0.2) is 0 Å². The second-order valence-corrected chi connectivity index (χ2v) is 4.87. The Morgan fingerprint density at radius 3 is 2.38 bits per heavy atom. The lowest BCUT2D eigenvalue weighted by Crippen LogP contribution is -2.46. The summed E-state index contributed by atoms with van der Waals surface area (Å²) in [5.41, 5.74) is 0.540. The first kappa shape index (κ1) is 20.7. The molecule has 0 radical (unpaired) electrons. The fraction of sp³-hybridized carbons (Fsp3) is 0.538. The van der Waals surface area contributed by atoms with Gasteiger partial charge in [0, 0.05) is 26.2 Å². The number of ether oxygens (including phenoxy) is 1. The van der Waals surface area contributed by atoms with Gasteiger partial charge >= 0.3 is 0 Å². The monoisotopic (exact) mass is 362 g/mol. The largest absolute Gasteiger partial charge is 0.495 e. The molecule has 1 aliphatic heterocycles. The van der Waals surface area contributed by atoms with E-state index in [4.69, 9.17) is 16.3 Å². The van der Waals surface area contributed by atoms with Crippen molar-refractivity contribution in [3.05, 3.63) is 28.8 Å². The predicted octanol–water partition coefficient (Wildman–Crippen LogP) is 3.40. The Bertz CT molecular complexity index is 432. The van der Waals surface area contributed by atoms with Crippen LogP contribution in [0.5, 0.6) is 5.75 Å². The molecule has 0 aliphatic carbocycles. The smallest absolute Gasteiger partial charge is 0.258 e. The maximum atomic E-state index is 13.4. The highest BCUT2D eigenvalue weighted by Crippen LogP contribution is 2.33. The first-order valence-electron chi connectivity index (χ1n) is 6.20. The first-order valence-corrected chi connectivity index (χ1v) is 6.57. The summed E-state index contributed by atoms with van der Waals surface area (Å²) in [4.78, 5) is 1.80. The van der Waals surface area contributed by atoms with Crippen molar-refractivity contribution in [1.29, 1.82) is 0 Å². The number of rotatable bonds is 4. The van der Waals surface area contributed by atoms with Gasteiger partial charge in [-0.2, -0.15) is 0 Å². The average molecular weight is 364 g/mol. The Labute approximate surface area is 140 Å². The zero-order valence-corrected chi connectivity index (χ0v) is 13.9. The number of nitrogens with zero attached hydrogens (tertiary/aromatic N) is 1. The molecule has 1 aromatic rings. The highest BCUT2D eigenvalue weighted by molar-refractivity contribution is 6.32. The van der Waals surface area contributed by atoms with E-state index in [1.807, 2.05) is 0 Å². The molecule has 0 bridgehead atoms. The molecule has 1 atom stereocenters. The third-order valence-corrected chi connectivity index (χ3v) is 3.61. The predicted molar refractivity (Wildman–Crippen MR) is 85.7 cm³/mol. The van der Waals surface area contributed by atoms with E-state index in [1.54, 1.807) is 23.1 Å². The van der Waals surface area contributed by atoms with Gasteiger partial charge in [0.25, 0.3) is 6.43 Å². The van der Waals surface area contributed by atoms with Crippen molar-refractivity contribution in [2.75, 3.05) is 33.3 Å². The van der Waals surface area contributed by atoms with Crippen LogP contribution in [0.4, 0.5) is 8.78 Å². The van der Waals surface area contributed by atoms with Crippen molar-refractivity contribution in [2.45, 2.75) is 12.5 Å². The molecule has 1 aromatic carbocycles. The number of alkyl halides is 2. The van der Waals surface area contributed by atoms with E-state index in [0.717, 1.165) is 13.1 Å². The Kier molecular flexibility index (Phi) is 9.49. The van der Waals surface area contributed by atoms with Gasteiger partial charge in [0.2, 0.25) is 0 Å². The summed E-state index contributed by atoms with van der Waals surface area (Å²) in [6.45, 7) is 2.68. The molecule has 21 heavy (non-hydrogen) atoms. The summed E-state index contributed by atoms with van der Waals surface area (Å²) in [6, 6.07) is 3.94. The lowest BCUT2D eigenvalue weighted by molar-refractivity contribution is 0.0181. The standard InChI is InChI=1S/C13H17ClF2N2O.2ClH/c1-19-11-8-9(2-3-10(11)14)12(13(15)16)18-6-4-17-5-7-18;;/h2-3,8,12-13,17H,4-7H2,1H3;2*1H/t12-;;/m1../s1. The van der Waals surface area contributed by atoms with Gasteiger partial charge in [-0.25, -0.2) is 8.78 Å². The number of halogens is 5. The van der Waals surface area contributed by atoms with Crippen LogP contribution >= 0.6 is 36.4 Å². The van der Waals surface area contributed by atoms with Crippen LogP contribution in [-0.4, -0.2) is 44.6 Å². The van der Waals surface area contributed by atoms with Gasteiger partial charge < -0.3 is 10.1 Å². The molecule has 1 fully saturated rings. The SMILES string of the molecule is COc1cc([C@H](C(F)F)N2CCNCC2)ccc1Cl.Cl.Cl. The molecule has 0 unspecified atom stereocenters. The van der Waals surface area contributed by atoms with Gasteiger partial charge in [-0.3, -0.25) is 4.90 Å². The first-order chi connectivity index (χ1) is 9.13. The molecule has 0 saturated carbocycles. The normalized spacial score (nSPS) is 16.8. The van der Waals surface area contributed by atoms with Crippen LogP contribution < -0.4 is 10.1 Å². The van der Waals surface area contributed by atoms with Gasteiger partial charge in [0.1, 0.15) is 5.75 Å². The van der Waals surface area contributed by atoms with Crippen LogP contribution in [0, 0.1) is 0 Å². The van der Waals surface area contributed by atoms with Gasteiger partial charge in [-0.15, -0.1) is 24.8 Å². The minimum Gasteiger partial charge on any atom is -0.495 e. The number of benzene rings is 1. The molecular weight excluding hydrogens is 345 g/mol. The van der Waals surface area contributed by atoms with Crippen LogP contribution in [0.25, 0.3) is 0 Å². The summed E-state index contributed by atoms with van der Waals surface area (Å²) < 4.78 is 31.8. The van der Waals surface area contributed by atoms with Crippen molar-refractivity contribution >= 4 is 36.4 Å². The highest BCUT2D eigenvalue weighted by atomic mass is 35.5. The molecule has 122 valence electrons. The Balaban J connectivity index is 0.00000200. The van der Waals surface area contributed by atoms with Crippen molar-refractivity contribution < 1.29 is 13.5 Å². The van der Waals surface area contributed by atoms with Crippen LogP contribution in [0.1, 0.15) is 11.6 Å². The van der Waals surface area contributed by atoms with Gasteiger partial charge in [-0.05, 0) is 17.7 Å². The Hall–Kier alpha value is -0.330. The van der Waals surface area contributed by atoms with Crippen molar-refractivity contribution in [3.63, 3.8) is 0 Å². The molecule has 1 saturated heterocycles. The molecule has 1 N–H and O–H groups in total. The van der Waals surface area contributed by atoms with Crippen molar-refractivity contribution in [1.82, 2.24) is 10.2 Å². The van der Waals surface area contributed by atoms with Gasteiger partial charge in [-0.1, -0.05) is 17.7 Å². The minimum atomic E-state index is -2.44. The topological polar surface area (TPSA) is 24.5 Å². The maximum Gasteiger partial charge on any atom is 0.258 e. The zero-order valence-electron chi connectivity index (χ0n) is 11.5. The van der Waals surface area contributed by atoms with Crippen LogP contribution in [0.15, 0.2) is 18.2 Å². The average Bonchev–Trinajstić information content (AvgIpc) is 2.41. The summed E-state index contributed by atoms with van der Waals surface area (Å²) in [5.74, 6) is 0.431. The molecule has 1 aliphatic rings. The lowest BCUT2D eigenvalue weighted by Gasteiger charge is -2.34. The number of nitrogens with one attached hydrogen (secondary N) is 1. The number of hydrogen-bond acceptors (Lipinski definition) is 3. The van der Waals surface area contributed by atoms with Crippen molar-refractivity contribution in [3.8, 4) is 5.75 Å². The zero-order chi connectivity index (χ0) is 13.8. The van der Waals surface area contributed by atoms with Crippen LogP contribution in [0.3, 0.4) is 0 Å². The van der Waals surface area contributed by atoms with E-state index in [9.17, 15) is 8.78 Å². The fourth-order valence-corrected chi connectivity index (χ4v) is 2.53. The van der Waals surface area contributed by atoms with Crippen molar-refractivity contribution in [2.24, 2.45) is 0 Å². The summed E-state index contributed by atoms with van der Waals surface area (Å²) >= 11 is 5.93. The van der Waals surface area contributed by atoms with E-state index >= 15 is 0 Å².